The van der Waals surface area contributed by atoms with Crippen LogP contribution in [-0.4, -0.2) is 17.6 Å². The third kappa shape index (κ3) is 66.7. The van der Waals surface area contributed by atoms with Gasteiger partial charge in [0.05, 0.1) is 0 Å². The van der Waals surface area contributed by atoms with Gasteiger partial charge in [0.25, 0.3) is 0 Å². The fourth-order valence-electron chi connectivity index (χ4n) is 0.605. The quantitative estimate of drug-likeness (QED) is 0.296. The van der Waals surface area contributed by atoms with Crippen molar-refractivity contribution in [3.8, 4) is 0 Å². The van der Waals surface area contributed by atoms with Crippen LogP contribution in [0.2, 0.25) is 0 Å². The molecule has 0 rings (SSSR count). The van der Waals surface area contributed by atoms with Gasteiger partial charge in [0, 0.05) is 0 Å². The maximum Gasteiger partial charge on any atom is -0.0923 e. The molecule has 0 saturated carbocycles. The Morgan fingerprint density at radius 1 is 0.741 bits per heavy atom. The molecule has 27 heavy (non-hydrogen) atoms. The van der Waals surface area contributed by atoms with Crippen LogP contribution in [0.4, 0.5) is 0 Å². The number of hydrogen-bond acceptors (Lipinski definition) is 1. The van der Waals surface area contributed by atoms with E-state index in [9.17, 15) is 0 Å². The van der Waals surface area contributed by atoms with E-state index in [1.54, 1.807) is 12.4 Å². The standard InChI is InChI=1S/C10H20N2.2C5H11.C3H7N.W/c1-9(2,3)11-7-8-12-10(4,5)6;2*1-4-5(2)3;1-2-3-4;/h7-8H,1-6H3;2*4H2,1-3H3;2-3H2,1H3;/q-2;2*-1;;/b8-7-;;;;. The van der Waals surface area contributed by atoms with Gasteiger partial charge in [0.2, 0.25) is 0 Å². The van der Waals surface area contributed by atoms with E-state index in [1.165, 1.54) is 50.7 Å². The van der Waals surface area contributed by atoms with Crippen molar-refractivity contribution >= 4 is 0 Å². The van der Waals surface area contributed by atoms with Gasteiger partial charge in [-0.25, -0.2) is 12.4 Å². The van der Waals surface area contributed by atoms with Crippen molar-refractivity contribution in [1.29, 1.82) is 0 Å². The first-order valence-electron chi connectivity index (χ1n) is 10.1. The van der Waals surface area contributed by atoms with Crippen molar-refractivity contribution in [3.05, 3.63) is 34.9 Å². The number of nitrogens with zero attached hydrogens (tertiary/aromatic N) is 3. The van der Waals surface area contributed by atoms with E-state index < -0.39 is 0 Å². The summed E-state index contributed by atoms with van der Waals surface area (Å²) in [6.45, 7) is 28.4. The van der Waals surface area contributed by atoms with Crippen LogP contribution in [-0.2, 0) is 19.6 Å². The van der Waals surface area contributed by atoms with E-state index in [4.69, 9.17) is 0 Å². The van der Waals surface area contributed by atoms with Gasteiger partial charge in [-0.15, -0.1) is 11.1 Å². The third-order valence-corrected chi connectivity index (χ3v) is 3.38. The normalized spacial score (nSPS) is 10.9. The zero-order chi connectivity index (χ0) is 22.5. The predicted molar refractivity (Wildman–Crippen MR) is 123 cm³/mol. The molecular formula is C23H49N3W-4. The Morgan fingerprint density at radius 2 is 1.00 bits per heavy atom. The zero-order valence-corrected chi connectivity index (χ0v) is 23.7. The van der Waals surface area contributed by atoms with Gasteiger partial charge in [0.15, 0.2) is 0 Å². The fraction of sp³-hybridized carbons (Fsp3) is 0.826. The second-order valence-corrected chi connectivity index (χ2v) is 9.80. The second-order valence-electron chi connectivity index (χ2n) is 8.87. The van der Waals surface area contributed by atoms with Crippen molar-refractivity contribution in [2.75, 3.05) is 6.54 Å². The maximum atomic E-state index is 4.29. The minimum atomic E-state index is 0.00387. The average molecular weight is 552 g/mol. The summed E-state index contributed by atoms with van der Waals surface area (Å²) in [5.41, 5.74) is 0.00775. The molecule has 0 aromatic carbocycles. The summed E-state index contributed by atoms with van der Waals surface area (Å²) in [5.74, 6) is 3.01. The van der Waals surface area contributed by atoms with Gasteiger partial charge in [-0.05, 0) is 0 Å². The van der Waals surface area contributed by atoms with Gasteiger partial charge in [0.1, 0.15) is 0 Å². The average Bonchev–Trinajstić information content (AvgIpc) is 2.52. The molecule has 166 valence electrons. The van der Waals surface area contributed by atoms with Crippen molar-refractivity contribution in [1.82, 2.24) is 0 Å². The largest absolute Gasteiger partial charge is 0.320 e. The summed E-state index contributed by atoms with van der Waals surface area (Å²) < 4.78 is 3.94. The van der Waals surface area contributed by atoms with E-state index >= 15 is 0 Å². The van der Waals surface area contributed by atoms with E-state index in [1.807, 2.05) is 0 Å². The minimum absolute atomic E-state index is 0.00387. The summed E-state index contributed by atoms with van der Waals surface area (Å²) in [5, 5.41) is 8.57. The van der Waals surface area contributed by atoms with Crippen molar-refractivity contribution in [2.24, 2.45) is 3.50 Å². The van der Waals surface area contributed by atoms with Gasteiger partial charge in [-0.2, -0.15) is 40.5 Å². The number of rotatable bonds is 6. The summed E-state index contributed by atoms with van der Waals surface area (Å²) in [7, 11) is 0. The Hall–Kier alpha value is -0.172. The first-order chi connectivity index (χ1) is 12.2. The van der Waals surface area contributed by atoms with Crippen LogP contribution in [0.3, 0.4) is 0 Å². The Morgan fingerprint density at radius 3 is 1.07 bits per heavy atom. The summed E-state index contributed by atoms with van der Waals surface area (Å²) in [6, 6.07) is 0. The van der Waals surface area contributed by atoms with E-state index in [2.05, 4.69) is 104 Å². The molecule has 0 atom stereocenters. The van der Waals surface area contributed by atoms with Crippen LogP contribution in [0.25, 0.3) is 10.6 Å². The smallest absolute Gasteiger partial charge is 0.0923 e. The molecule has 0 bridgehead atoms. The van der Waals surface area contributed by atoms with Gasteiger partial charge in [-0.3, -0.25) is 0 Å². The molecule has 0 saturated heterocycles. The van der Waals surface area contributed by atoms with Crippen LogP contribution < -0.4 is 0 Å². The molecule has 0 aromatic heterocycles. The Kier molecular flexibility index (Phi) is 28.1. The molecular weight excluding hydrogens is 502 g/mol. The molecule has 0 amide bonds. The molecule has 0 N–H and O–H groups in total. The molecule has 0 fully saturated rings. The molecule has 0 radical (unpaired) electrons. The van der Waals surface area contributed by atoms with E-state index in [-0.39, 0.29) is 11.1 Å². The molecule has 0 heterocycles. The Bertz CT molecular complexity index is 285. The minimum Gasteiger partial charge on any atom is -0.320 e. The second kappa shape index (κ2) is 22.1. The molecule has 0 aliphatic heterocycles. The molecule has 0 spiro atoms. The summed E-state index contributed by atoms with van der Waals surface area (Å²) in [4.78, 5) is 0. The molecule has 0 aliphatic carbocycles. The number of hydrogen-bond donors (Lipinski definition) is 0. The van der Waals surface area contributed by atoms with Crippen LogP contribution in [0.15, 0.2) is 15.9 Å². The van der Waals surface area contributed by atoms with Crippen LogP contribution in [0.1, 0.15) is 109 Å². The van der Waals surface area contributed by atoms with Crippen LogP contribution in [0.5, 0.6) is 0 Å². The van der Waals surface area contributed by atoms with Crippen molar-refractivity contribution < 1.29 is 19.6 Å². The first-order valence-corrected chi connectivity index (χ1v) is 11.4. The summed E-state index contributed by atoms with van der Waals surface area (Å²) in [6.07, 6.45) is 7.18. The molecule has 0 unspecified atom stereocenters. The SMILES string of the molecule is CC(C)(C)[N-]/C=C\[N-]C(C)(C)C.CCC[N]=[W].CC[C-](C)C.CC[C-](C)C. The van der Waals surface area contributed by atoms with Crippen molar-refractivity contribution in [2.45, 2.75) is 120 Å². The van der Waals surface area contributed by atoms with E-state index in [0.29, 0.717) is 0 Å². The zero-order valence-electron chi connectivity index (χ0n) is 20.7. The van der Waals surface area contributed by atoms with Crippen LogP contribution >= 0.6 is 0 Å². The Balaban J connectivity index is -0.000000147. The van der Waals surface area contributed by atoms with Gasteiger partial charge >= 0.3 is 43.0 Å². The maximum absolute atomic E-state index is 4.29. The fourth-order valence-corrected chi connectivity index (χ4v) is 1.26. The van der Waals surface area contributed by atoms with Gasteiger partial charge in [-0.1, -0.05) is 55.4 Å². The molecule has 3 nitrogen and oxygen atoms in total. The Labute approximate surface area is 184 Å². The first kappa shape index (κ1) is 34.3. The monoisotopic (exact) mass is 551 g/mol. The molecule has 4 heteroatoms. The van der Waals surface area contributed by atoms with Crippen LogP contribution in [0, 0.1) is 11.8 Å². The van der Waals surface area contributed by atoms with Gasteiger partial charge < -0.3 is 22.5 Å². The van der Waals surface area contributed by atoms with Crippen molar-refractivity contribution in [3.63, 3.8) is 0 Å². The summed E-state index contributed by atoms with van der Waals surface area (Å²) >= 11 is 1.35. The van der Waals surface area contributed by atoms with E-state index in [0.717, 1.165) is 6.54 Å². The molecule has 0 aliphatic rings. The predicted octanol–water partition coefficient (Wildman–Crippen LogP) is 8.95. The third-order valence-electron chi connectivity index (χ3n) is 2.72. The molecule has 0 aromatic rings. The topological polar surface area (TPSA) is 40.6 Å².